The molecule has 2 aromatic carbocycles. The van der Waals surface area contributed by atoms with Crippen molar-refractivity contribution < 1.29 is 19.1 Å². The minimum atomic E-state index is -0.640. The fourth-order valence-corrected chi connectivity index (χ4v) is 3.96. The Kier molecular flexibility index (Phi) is 5.84. The SMILES string of the molecule is O=CC1OC(OCc2ccccc2)CN1c1ccc(C2CCC(=O)CC2)cc1. The van der Waals surface area contributed by atoms with Gasteiger partial charge in [-0.2, -0.15) is 0 Å². The van der Waals surface area contributed by atoms with Gasteiger partial charge in [0.15, 0.2) is 18.8 Å². The lowest BCUT2D eigenvalue weighted by Gasteiger charge is -2.24. The first-order valence-electron chi connectivity index (χ1n) is 9.87. The molecule has 2 aromatic rings. The third-order valence-electron chi connectivity index (χ3n) is 5.58. The van der Waals surface area contributed by atoms with Crippen molar-refractivity contribution in [2.45, 2.75) is 50.7 Å². The predicted octanol–water partition coefficient (Wildman–Crippen LogP) is 3.82. The Balaban J connectivity index is 1.38. The van der Waals surface area contributed by atoms with Crippen molar-refractivity contribution in [2.75, 3.05) is 11.4 Å². The van der Waals surface area contributed by atoms with Crippen LogP contribution >= 0.6 is 0 Å². The molecular weight excluding hydrogens is 354 g/mol. The van der Waals surface area contributed by atoms with E-state index in [1.54, 1.807) is 0 Å². The second-order valence-corrected chi connectivity index (χ2v) is 7.45. The normalized spacial score (nSPS) is 23.1. The number of Topliss-reactive ketones (excluding diaryl/α,β-unsaturated/α-hetero) is 1. The van der Waals surface area contributed by atoms with Crippen LogP contribution < -0.4 is 4.90 Å². The van der Waals surface area contributed by atoms with Gasteiger partial charge in [0, 0.05) is 18.5 Å². The van der Waals surface area contributed by atoms with Crippen LogP contribution in [0.2, 0.25) is 0 Å². The van der Waals surface area contributed by atoms with Crippen LogP contribution in [-0.4, -0.2) is 31.1 Å². The molecule has 2 aliphatic rings. The fourth-order valence-electron chi connectivity index (χ4n) is 3.96. The molecule has 2 atom stereocenters. The maximum Gasteiger partial charge on any atom is 0.190 e. The van der Waals surface area contributed by atoms with Gasteiger partial charge in [-0.3, -0.25) is 9.59 Å². The lowest BCUT2D eigenvalue weighted by molar-refractivity contribution is -0.145. The smallest absolute Gasteiger partial charge is 0.190 e. The Morgan fingerprint density at radius 3 is 2.43 bits per heavy atom. The Morgan fingerprint density at radius 2 is 1.75 bits per heavy atom. The molecule has 0 bridgehead atoms. The molecule has 146 valence electrons. The zero-order chi connectivity index (χ0) is 19.3. The summed E-state index contributed by atoms with van der Waals surface area (Å²) in [5.74, 6) is 0.822. The minimum Gasteiger partial charge on any atom is -0.346 e. The highest BCUT2D eigenvalue weighted by atomic mass is 16.7. The first kappa shape index (κ1) is 18.8. The van der Waals surface area contributed by atoms with Crippen LogP contribution in [0.1, 0.15) is 42.7 Å². The molecule has 2 unspecified atom stereocenters. The maximum atomic E-state index is 11.5. The number of nitrogens with zero attached hydrogens (tertiary/aromatic N) is 1. The Morgan fingerprint density at radius 1 is 1.04 bits per heavy atom. The number of anilines is 1. The van der Waals surface area contributed by atoms with Gasteiger partial charge in [-0.05, 0) is 42.0 Å². The summed E-state index contributed by atoms with van der Waals surface area (Å²) < 4.78 is 11.6. The largest absolute Gasteiger partial charge is 0.346 e. The minimum absolute atomic E-state index is 0.373. The molecule has 0 spiro atoms. The van der Waals surface area contributed by atoms with Gasteiger partial charge in [-0.25, -0.2) is 0 Å². The third-order valence-corrected chi connectivity index (χ3v) is 5.58. The molecule has 0 aromatic heterocycles. The van der Waals surface area contributed by atoms with Crippen LogP contribution in [0, 0.1) is 0 Å². The first-order chi connectivity index (χ1) is 13.7. The van der Waals surface area contributed by atoms with E-state index in [1.807, 2.05) is 47.4 Å². The highest BCUT2D eigenvalue weighted by molar-refractivity contribution is 5.79. The van der Waals surface area contributed by atoms with Gasteiger partial charge < -0.3 is 14.4 Å². The molecule has 0 amide bonds. The Labute approximate surface area is 165 Å². The summed E-state index contributed by atoms with van der Waals surface area (Å²) in [5.41, 5.74) is 3.27. The summed E-state index contributed by atoms with van der Waals surface area (Å²) in [6.45, 7) is 0.956. The van der Waals surface area contributed by atoms with Crippen LogP contribution in [-0.2, 0) is 25.7 Å². The molecule has 1 saturated carbocycles. The molecule has 5 heteroatoms. The van der Waals surface area contributed by atoms with Gasteiger partial charge in [0.05, 0.1) is 13.2 Å². The molecule has 0 N–H and O–H groups in total. The number of ketones is 1. The summed E-state index contributed by atoms with van der Waals surface area (Å²) in [4.78, 5) is 24.9. The summed E-state index contributed by atoms with van der Waals surface area (Å²) >= 11 is 0. The molecule has 0 radical (unpaired) electrons. The van der Waals surface area contributed by atoms with E-state index in [4.69, 9.17) is 9.47 Å². The van der Waals surface area contributed by atoms with Gasteiger partial charge >= 0.3 is 0 Å². The average Bonchev–Trinajstić information content (AvgIpc) is 3.17. The monoisotopic (exact) mass is 379 g/mol. The maximum absolute atomic E-state index is 11.5. The Bertz CT molecular complexity index is 795. The van der Waals surface area contributed by atoms with Crippen LogP contribution in [0.4, 0.5) is 5.69 Å². The van der Waals surface area contributed by atoms with Crippen LogP contribution in [0.5, 0.6) is 0 Å². The lowest BCUT2D eigenvalue weighted by atomic mass is 9.83. The van der Waals surface area contributed by atoms with Gasteiger partial charge in [-0.15, -0.1) is 0 Å². The van der Waals surface area contributed by atoms with E-state index in [0.717, 1.165) is 30.4 Å². The van der Waals surface area contributed by atoms with E-state index >= 15 is 0 Å². The number of carbonyl (C=O) groups is 2. The number of hydrogen-bond acceptors (Lipinski definition) is 5. The van der Waals surface area contributed by atoms with Crippen molar-refractivity contribution in [1.29, 1.82) is 0 Å². The highest BCUT2D eigenvalue weighted by Crippen LogP contribution is 2.33. The molecular formula is C23H25NO4. The average molecular weight is 379 g/mol. The zero-order valence-electron chi connectivity index (χ0n) is 15.8. The molecule has 1 aliphatic heterocycles. The summed E-state index contributed by atoms with van der Waals surface area (Å²) in [7, 11) is 0. The van der Waals surface area contributed by atoms with Crippen LogP contribution in [0.15, 0.2) is 54.6 Å². The molecule has 1 aliphatic carbocycles. The molecule has 4 rings (SSSR count). The number of ether oxygens (including phenoxy) is 2. The van der Waals surface area contributed by atoms with Crippen molar-refractivity contribution >= 4 is 17.8 Å². The van der Waals surface area contributed by atoms with E-state index < -0.39 is 12.5 Å². The van der Waals surface area contributed by atoms with Crippen LogP contribution in [0.25, 0.3) is 0 Å². The van der Waals surface area contributed by atoms with Gasteiger partial charge in [0.2, 0.25) is 0 Å². The van der Waals surface area contributed by atoms with E-state index in [0.29, 0.717) is 37.7 Å². The van der Waals surface area contributed by atoms with E-state index in [-0.39, 0.29) is 0 Å². The van der Waals surface area contributed by atoms with E-state index in [9.17, 15) is 9.59 Å². The van der Waals surface area contributed by atoms with Crippen molar-refractivity contribution in [3.63, 3.8) is 0 Å². The molecule has 2 fully saturated rings. The molecule has 1 heterocycles. The number of aldehydes is 1. The number of carbonyl (C=O) groups excluding carboxylic acids is 2. The van der Waals surface area contributed by atoms with E-state index in [1.165, 1.54) is 5.56 Å². The second-order valence-electron chi connectivity index (χ2n) is 7.45. The standard InChI is InChI=1S/C23H25NO4/c25-15-22-24(14-23(28-22)27-16-17-4-2-1-3-5-17)20-10-6-18(7-11-20)19-8-12-21(26)13-9-19/h1-7,10-11,15,19,22-23H,8-9,12-14,16H2. The molecule has 28 heavy (non-hydrogen) atoms. The summed E-state index contributed by atoms with van der Waals surface area (Å²) in [6.07, 6.45) is 2.94. The first-order valence-corrected chi connectivity index (χ1v) is 9.87. The van der Waals surface area contributed by atoms with Crippen molar-refractivity contribution in [2.24, 2.45) is 0 Å². The number of rotatable bonds is 6. The topological polar surface area (TPSA) is 55.8 Å². The Hall–Kier alpha value is -2.50. The summed E-state index contributed by atoms with van der Waals surface area (Å²) in [5, 5.41) is 0. The predicted molar refractivity (Wildman–Crippen MR) is 106 cm³/mol. The molecule has 1 saturated heterocycles. The quantitative estimate of drug-likeness (QED) is 0.714. The summed E-state index contributed by atoms with van der Waals surface area (Å²) in [6, 6.07) is 18.2. The van der Waals surface area contributed by atoms with Crippen molar-refractivity contribution in [3.05, 3.63) is 65.7 Å². The van der Waals surface area contributed by atoms with Gasteiger partial charge in [-0.1, -0.05) is 42.5 Å². The third kappa shape index (κ3) is 4.32. The van der Waals surface area contributed by atoms with Crippen molar-refractivity contribution in [3.8, 4) is 0 Å². The van der Waals surface area contributed by atoms with Gasteiger partial charge in [0.1, 0.15) is 5.78 Å². The lowest BCUT2D eigenvalue weighted by Crippen LogP contribution is -2.31. The van der Waals surface area contributed by atoms with Crippen LogP contribution in [0.3, 0.4) is 0 Å². The van der Waals surface area contributed by atoms with Gasteiger partial charge in [0.25, 0.3) is 0 Å². The fraction of sp³-hybridized carbons (Fsp3) is 0.391. The number of hydrogen-bond donors (Lipinski definition) is 0. The van der Waals surface area contributed by atoms with Crippen molar-refractivity contribution in [1.82, 2.24) is 0 Å². The highest BCUT2D eigenvalue weighted by Gasteiger charge is 2.33. The second kappa shape index (κ2) is 8.67. The number of benzene rings is 2. The zero-order valence-corrected chi connectivity index (χ0v) is 15.8. The van der Waals surface area contributed by atoms with E-state index in [2.05, 4.69) is 12.1 Å². The molecule has 5 nitrogen and oxygen atoms in total.